The van der Waals surface area contributed by atoms with Gasteiger partial charge in [0, 0.05) is 15.8 Å². The average molecular weight is 485 g/mol. The summed E-state index contributed by atoms with van der Waals surface area (Å²) >= 11 is 13.7. The number of methoxy groups -OCH3 is 1. The van der Waals surface area contributed by atoms with Crippen LogP contribution in [0.2, 0.25) is 10.0 Å². The van der Waals surface area contributed by atoms with Crippen LogP contribution in [0.5, 0.6) is 5.75 Å². The molecule has 0 bridgehead atoms. The van der Waals surface area contributed by atoms with Crippen molar-refractivity contribution in [3.05, 3.63) is 58.1 Å². The fraction of sp³-hybridized carbons (Fsp3) is 0.300. The fourth-order valence-electron chi connectivity index (χ4n) is 3.68. The molecule has 158 valence electrons. The van der Waals surface area contributed by atoms with E-state index in [1.807, 2.05) is 18.2 Å². The van der Waals surface area contributed by atoms with Crippen LogP contribution in [0.3, 0.4) is 0 Å². The Balaban J connectivity index is 1.68. The van der Waals surface area contributed by atoms with Crippen LogP contribution in [0.4, 0.5) is 5.69 Å². The summed E-state index contributed by atoms with van der Waals surface area (Å²) in [5.74, 6) is 0.304. The first-order valence-electron chi connectivity index (χ1n) is 9.12. The Morgan fingerprint density at radius 1 is 1.23 bits per heavy atom. The van der Waals surface area contributed by atoms with Gasteiger partial charge in [-0.1, -0.05) is 53.2 Å². The Morgan fingerprint density at radius 3 is 2.73 bits per heavy atom. The van der Waals surface area contributed by atoms with Gasteiger partial charge in [0.05, 0.1) is 41.8 Å². The predicted octanol–water partition coefficient (Wildman–Crippen LogP) is 3.85. The van der Waals surface area contributed by atoms with Gasteiger partial charge in [-0.25, -0.2) is 8.42 Å². The normalized spacial score (nSPS) is 23.6. The number of para-hydroxylation sites is 1. The second-order valence-corrected chi connectivity index (χ2v) is 11.2. The van der Waals surface area contributed by atoms with Crippen molar-refractivity contribution in [1.29, 1.82) is 0 Å². The zero-order chi connectivity index (χ0) is 21.5. The van der Waals surface area contributed by atoms with Gasteiger partial charge >= 0.3 is 0 Å². The monoisotopic (exact) mass is 484 g/mol. The Labute approximate surface area is 189 Å². The zero-order valence-electron chi connectivity index (χ0n) is 15.9. The summed E-state index contributed by atoms with van der Waals surface area (Å²) in [7, 11) is -1.62. The highest BCUT2D eigenvalue weighted by Gasteiger charge is 2.49. The van der Waals surface area contributed by atoms with Crippen molar-refractivity contribution in [1.82, 2.24) is 0 Å². The number of carbonyl (C=O) groups excluding carboxylic acids is 1. The first kappa shape index (κ1) is 21.5. The molecule has 2 aromatic carbocycles. The van der Waals surface area contributed by atoms with Crippen molar-refractivity contribution in [2.24, 2.45) is 4.99 Å². The maximum Gasteiger partial charge on any atom is 0.252 e. The highest BCUT2D eigenvalue weighted by Crippen LogP contribution is 2.43. The number of thioether (sulfide) groups is 1. The molecular formula is C20H18Cl2N2O4S2. The maximum atomic E-state index is 12.7. The third-order valence-electron chi connectivity index (χ3n) is 4.99. The quantitative estimate of drug-likeness (QED) is 0.655. The van der Waals surface area contributed by atoms with Gasteiger partial charge in [-0.05, 0) is 24.3 Å². The van der Waals surface area contributed by atoms with Gasteiger partial charge in [0.2, 0.25) is 0 Å². The molecule has 2 aliphatic heterocycles. The number of amides is 1. The largest absolute Gasteiger partial charge is 0.496 e. The van der Waals surface area contributed by atoms with Crippen LogP contribution in [-0.4, -0.2) is 49.4 Å². The highest BCUT2D eigenvalue weighted by atomic mass is 35.5. The van der Waals surface area contributed by atoms with Gasteiger partial charge in [0.15, 0.2) is 15.0 Å². The molecule has 0 spiro atoms. The molecule has 6 nitrogen and oxygen atoms in total. The van der Waals surface area contributed by atoms with E-state index < -0.39 is 9.84 Å². The van der Waals surface area contributed by atoms with Gasteiger partial charge in [-0.2, -0.15) is 4.99 Å². The number of ether oxygens (including phenoxy) is 1. The Hall–Kier alpha value is -1.74. The van der Waals surface area contributed by atoms with Gasteiger partial charge in [0.25, 0.3) is 5.91 Å². The lowest BCUT2D eigenvalue weighted by Crippen LogP contribution is -2.38. The van der Waals surface area contributed by atoms with Gasteiger partial charge in [0.1, 0.15) is 5.75 Å². The number of anilines is 1. The predicted molar refractivity (Wildman–Crippen MR) is 122 cm³/mol. The lowest BCUT2D eigenvalue weighted by atomic mass is 10.1. The third kappa shape index (κ3) is 4.32. The summed E-state index contributed by atoms with van der Waals surface area (Å²) in [5, 5.41) is 1.08. The van der Waals surface area contributed by atoms with Crippen molar-refractivity contribution < 1.29 is 17.9 Å². The number of aliphatic imine (C=N–C) groups is 1. The minimum Gasteiger partial charge on any atom is -0.496 e. The molecule has 4 rings (SSSR count). The fourth-order valence-corrected chi connectivity index (χ4v) is 8.10. The Bertz CT molecular complexity index is 1140. The molecule has 2 heterocycles. The van der Waals surface area contributed by atoms with E-state index in [2.05, 4.69) is 4.99 Å². The summed E-state index contributed by atoms with van der Waals surface area (Å²) in [5.41, 5.74) is 1.32. The molecule has 2 saturated heterocycles. The number of nitrogens with zero attached hydrogens (tertiary/aromatic N) is 2. The van der Waals surface area contributed by atoms with Crippen molar-refractivity contribution in [2.45, 2.75) is 17.7 Å². The first-order chi connectivity index (χ1) is 14.3. The summed E-state index contributed by atoms with van der Waals surface area (Å²) in [4.78, 5) is 18.8. The van der Waals surface area contributed by atoms with E-state index >= 15 is 0 Å². The molecule has 2 fully saturated rings. The molecule has 0 saturated carbocycles. The minimum absolute atomic E-state index is 0.0106. The summed E-state index contributed by atoms with van der Waals surface area (Å²) in [6.45, 7) is 0. The van der Waals surface area contributed by atoms with Crippen LogP contribution >= 0.6 is 35.0 Å². The number of benzene rings is 2. The smallest absolute Gasteiger partial charge is 0.252 e. The second kappa shape index (κ2) is 8.42. The lowest BCUT2D eigenvalue weighted by molar-refractivity contribution is -0.117. The van der Waals surface area contributed by atoms with Crippen LogP contribution in [0.25, 0.3) is 0 Å². The van der Waals surface area contributed by atoms with Crippen LogP contribution in [-0.2, 0) is 21.1 Å². The van der Waals surface area contributed by atoms with E-state index in [1.54, 1.807) is 36.3 Å². The van der Waals surface area contributed by atoms with E-state index in [1.165, 1.54) is 11.8 Å². The van der Waals surface area contributed by atoms with E-state index in [0.717, 1.165) is 5.56 Å². The molecule has 0 N–H and O–H groups in total. The molecule has 2 atom stereocenters. The van der Waals surface area contributed by atoms with Gasteiger partial charge < -0.3 is 9.64 Å². The zero-order valence-corrected chi connectivity index (χ0v) is 19.1. The van der Waals surface area contributed by atoms with Gasteiger partial charge in [-0.15, -0.1) is 0 Å². The SMILES string of the molecule is COc1ccccc1CC(=O)N=C1S[C@H]2CS(=O)(=O)C[C@H]2N1c1ccc(Cl)cc1Cl. The third-order valence-corrected chi connectivity index (χ3v) is 8.74. The summed E-state index contributed by atoms with van der Waals surface area (Å²) in [6, 6.07) is 11.9. The minimum atomic E-state index is -3.16. The molecule has 2 aliphatic rings. The van der Waals surface area contributed by atoms with E-state index in [9.17, 15) is 13.2 Å². The molecule has 0 aliphatic carbocycles. The summed E-state index contributed by atoms with van der Waals surface area (Å²) in [6.07, 6.45) is 0.0733. The second-order valence-electron chi connectivity index (χ2n) is 7.04. The Morgan fingerprint density at radius 2 is 2.00 bits per heavy atom. The summed E-state index contributed by atoms with van der Waals surface area (Å²) < 4.78 is 29.7. The number of carbonyl (C=O) groups is 1. The molecule has 0 aromatic heterocycles. The number of sulfone groups is 1. The Kier molecular flexibility index (Phi) is 6.03. The number of amidine groups is 1. The molecular weight excluding hydrogens is 467 g/mol. The van der Waals surface area contributed by atoms with Crippen molar-refractivity contribution in [2.75, 3.05) is 23.5 Å². The molecule has 1 amide bonds. The van der Waals surface area contributed by atoms with E-state index in [-0.39, 0.29) is 35.1 Å². The standard InChI is InChI=1S/C20H18Cl2N2O4S2/c1-28-17-5-3-2-4-12(17)8-19(25)23-20-24(15-7-6-13(21)9-14(15)22)16-10-30(26,27)11-18(16)29-20/h2-7,9,16,18H,8,10-11H2,1H3/t16-,18+/m1/s1. The van der Waals surface area contributed by atoms with Crippen molar-refractivity contribution >= 4 is 61.6 Å². The van der Waals surface area contributed by atoms with Crippen LogP contribution in [0.1, 0.15) is 5.56 Å². The number of fused-ring (bicyclic) bond motifs is 1. The number of halogens is 2. The van der Waals surface area contributed by atoms with Gasteiger partial charge in [-0.3, -0.25) is 4.79 Å². The van der Waals surface area contributed by atoms with Crippen molar-refractivity contribution in [3.8, 4) is 5.75 Å². The number of rotatable bonds is 4. The first-order valence-corrected chi connectivity index (χ1v) is 12.6. The van der Waals surface area contributed by atoms with E-state index in [0.29, 0.717) is 26.6 Å². The molecule has 2 aromatic rings. The van der Waals surface area contributed by atoms with Crippen LogP contribution in [0.15, 0.2) is 47.5 Å². The number of hydrogen-bond donors (Lipinski definition) is 0. The van der Waals surface area contributed by atoms with Crippen molar-refractivity contribution in [3.63, 3.8) is 0 Å². The topological polar surface area (TPSA) is 76.0 Å². The highest BCUT2D eigenvalue weighted by molar-refractivity contribution is 8.16. The van der Waals surface area contributed by atoms with E-state index in [4.69, 9.17) is 27.9 Å². The molecule has 0 radical (unpaired) electrons. The number of hydrogen-bond acceptors (Lipinski definition) is 5. The molecule has 30 heavy (non-hydrogen) atoms. The van der Waals surface area contributed by atoms with Crippen LogP contribution in [0, 0.1) is 0 Å². The maximum absolute atomic E-state index is 12.7. The average Bonchev–Trinajstić information content (AvgIpc) is 3.13. The van der Waals surface area contributed by atoms with Crippen LogP contribution < -0.4 is 9.64 Å². The molecule has 0 unspecified atom stereocenters. The molecule has 10 heteroatoms. The lowest BCUT2D eigenvalue weighted by Gasteiger charge is -2.25.